The van der Waals surface area contributed by atoms with Gasteiger partial charge in [0.2, 0.25) is 0 Å². The predicted octanol–water partition coefficient (Wildman–Crippen LogP) is 3.81. The Bertz CT molecular complexity index is 894. The molecule has 24 heavy (non-hydrogen) atoms. The summed E-state index contributed by atoms with van der Waals surface area (Å²) in [6.45, 7) is 1.51. The van der Waals surface area contributed by atoms with Crippen LogP contribution in [-0.2, 0) is 0 Å². The van der Waals surface area contributed by atoms with Gasteiger partial charge in [0.25, 0.3) is 0 Å². The molecular formula is C18H15FN4O. The third-order valence-corrected chi connectivity index (χ3v) is 3.39. The zero-order valence-electron chi connectivity index (χ0n) is 13.0. The lowest BCUT2D eigenvalue weighted by Crippen LogP contribution is -2.02. The molecule has 0 saturated heterocycles. The minimum atomic E-state index is -0.331. The monoisotopic (exact) mass is 322 g/mol. The number of nitrogens with one attached hydrogen (secondary N) is 1. The summed E-state index contributed by atoms with van der Waals surface area (Å²) >= 11 is 0. The fourth-order valence-electron chi connectivity index (χ4n) is 2.22. The van der Waals surface area contributed by atoms with Crippen molar-refractivity contribution in [2.75, 3.05) is 11.1 Å². The minimum Gasteiger partial charge on any atom is -0.384 e. The van der Waals surface area contributed by atoms with E-state index in [-0.39, 0.29) is 17.4 Å². The molecule has 2 aromatic carbocycles. The van der Waals surface area contributed by atoms with Gasteiger partial charge in [0.1, 0.15) is 17.5 Å². The lowest BCUT2D eigenvalue weighted by Gasteiger charge is -2.09. The first-order chi connectivity index (χ1) is 11.5. The fourth-order valence-corrected chi connectivity index (χ4v) is 2.22. The molecule has 0 aliphatic rings. The maximum atomic E-state index is 13.0. The minimum absolute atomic E-state index is 0.0205. The number of rotatable bonds is 4. The first kappa shape index (κ1) is 15.6. The number of halogens is 1. The second kappa shape index (κ2) is 6.45. The van der Waals surface area contributed by atoms with Crippen LogP contribution in [0.2, 0.25) is 0 Å². The molecule has 0 saturated carbocycles. The van der Waals surface area contributed by atoms with Gasteiger partial charge in [0, 0.05) is 22.9 Å². The molecule has 3 N–H and O–H groups in total. The average Bonchev–Trinajstić information content (AvgIpc) is 2.55. The summed E-state index contributed by atoms with van der Waals surface area (Å²) in [6, 6.07) is 14.5. The molecule has 0 unspecified atom stereocenters. The largest absolute Gasteiger partial charge is 0.384 e. The number of Topliss-reactive ketones (excluding diaryl/α,β-unsaturated/α-hetero) is 1. The third-order valence-electron chi connectivity index (χ3n) is 3.39. The van der Waals surface area contributed by atoms with Crippen LogP contribution in [0, 0.1) is 5.82 Å². The van der Waals surface area contributed by atoms with E-state index in [0.29, 0.717) is 28.5 Å². The summed E-state index contributed by atoms with van der Waals surface area (Å²) in [6.07, 6.45) is 0. The molecule has 120 valence electrons. The first-order valence-electron chi connectivity index (χ1n) is 7.30. The second-order valence-corrected chi connectivity index (χ2v) is 5.27. The van der Waals surface area contributed by atoms with E-state index in [1.54, 1.807) is 36.4 Å². The SMILES string of the molecule is CC(=O)c1cccc(Nc2cc(N)nc(-c3ccc(F)cc3)n2)c1. The van der Waals surface area contributed by atoms with Crippen LogP contribution in [0.1, 0.15) is 17.3 Å². The van der Waals surface area contributed by atoms with Gasteiger partial charge in [0.15, 0.2) is 11.6 Å². The molecule has 6 heteroatoms. The fraction of sp³-hybridized carbons (Fsp3) is 0.0556. The lowest BCUT2D eigenvalue weighted by atomic mass is 10.1. The molecule has 5 nitrogen and oxygen atoms in total. The van der Waals surface area contributed by atoms with Gasteiger partial charge in [-0.15, -0.1) is 0 Å². The van der Waals surface area contributed by atoms with E-state index in [1.807, 2.05) is 6.07 Å². The highest BCUT2D eigenvalue weighted by Crippen LogP contribution is 2.22. The molecule has 1 aromatic heterocycles. The van der Waals surface area contributed by atoms with Crippen LogP contribution in [0.15, 0.2) is 54.6 Å². The Hall–Kier alpha value is -3.28. The molecule has 0 spiro atoms. The van der Waals surface area contributed by atoms with Crippen LogP contribution in [0.5, 0.6) is 0 Å². The Morgan fingerprint density at radius 3 is 2.54 bits per heavy atom. The number of carbonyl (C=O) groups is 1. The molecule has 0 fully saturated rings. The van der Waals surface area contributed by atoms with E-state index >= 15 is 0 Å². The zero-order valence-corrected chi connectivity index (χ0v) is 13.0. The Morgan fingerprint density at radius 1 is 1.08 bits per heavy atom. The number of carbonyl (C=O) groups excluding carboxylic acids is 1. The Kier molecular flexibility index (Phi) is 4.20. The molecule has 0 bridgehead atoms. The summed E-state index contributed by atoms with van der Waals surface area (Å²) in [5.74, 6) is 0.812. The van der Waals surface area contributed by atoms with E-state index in [2.05, 4.69) is 15.3 Å². The van der Waals surface area contributed by atoms with Gasteiger partial charge < -0.3 is 11.1 Å². The van der Waals surface area contributed by atoms with Crippen molar-refractivity contribution in [3.05, 3.63) is 66.0 Å². The lowest BCUT2D eigenvalue weighted by molar-refractivity contribution is 0.101. The summed E-state index contributed by atoms with van der Waals surface area (Å²) in [4.78, 5) is 20.0. The van der Waals surface area contributed by atoms with Crippen molar-refractivity contribution in [2.45, 2.75) is 6.92 Å². The molecule has 3 rings (SSSR count). The number of nitrogen functional groups attached to an aromatic ring is 1. The number of hydrogen-bond acceptors (Lipinski definition) is 5. The summed E-state index contributed by atoms with van der Waals surface area (Å²) in [5, 5.41) is 3.10. The highest BCUT2D eigenvalue weighted by molar-refractivity contribution is 5.95. The summed E-state index contributed by atoms with van der Waals surface area (Å²) < 4.78 is 13.0. The molecule has 0 aliphatic carbocycles. The van der Waals surface area contributed by atoms with E-state index in [0.717, 1.165) is 0 Å². The average molecular weight is 322 g/mol. The molecule has 3 aromatic rings. The van der Waals surface area contributed by atoms with Gasteiger partial charge in [-0.3, -0.25) is 4.79 Å². The molecule has 1 heterocycles. The van der Waals surface area contributed by atoms with Crippen LogP contribution >= 0.6 is 0 Å². The molecule has 0 aliphatic heterocycles. The van der Waals surface area contributed by atoms with Crippen molar-refractivity contribution in [2.24, 2.45) is 0 Å². The number of ketones is 1. The van der Waals surface area contributed by atoms with E-state index in [4.69, 9.17) is 5.73 Å². The van der Waals surface area contributed by atoms with Gasteiger partial charge in [-0.05, 0) is 43.3 Å². The number of benzene rings is 2. The number of anilines is 3. The van der Waals surface area contributed by atoms with Gasteiger partial charge in [-0.25, -0.2) is 14.4 Å². The van der Waals surface area contributed by atoms with Crippen molar-refractivity contribution in [1.29, 1.82) is 0 Å². The van der Waals surface area contributed by atoms with Gasteiger partial charge >= 0.3 is 0 Å². The maximum absolute atomic E-state index is 13.0. The van der Waals surface area contributed by atoms with Crippen molar-refractivity contribution in [1.82, 2.24) is 9.97 Å². The van der Waals surface area contributed by atoms with Gasteiger partial charge in [0.05, 0.1) is 0 Å². The smallest absolute Gasteiger partial charge is 0.163 e. The highest BCUT2D eigenvalue weighted by atomic mass is 19.1. The Morgan fingerprint density at radius 2 is 1.83 bits per heavy atom. The molecule has 0 amide bonds. The summed E-state index contributed by atoms with van der Waals surface area (Å²) in [5.41, 5.74) is 7.81. The molecule has 0 atom stereocenters. The highest BCUT2D eigenvalue weighted by Gasteiger charge is 2.07. The summed E-state index contributed by atoms with van der Waals surface area (Å²) in [7, 11) is 0. The second-order valence-electron chi connectivity index (χ2n) is 5.27. The van der Waals surface area contributed by atoms with Crippen molar-refractivity contribution in [3.63, 3.8) is 0 Å². The quantitative estimate of drug-likeness (QED) is 0.714. The van der Waals surface area contributed by atoms with E-state index < -0.39 is 0 Å². The number of hydrogen-bond donors (Lipinski definition) is 2. The van der Waals surface area contributed by atoms with Crippen LogP contribution in [0.25, 0.3) is 11.4 Å². The standard InChI is InChI=1S/C18H15FN4O/c1-11(24)13-3-2-4-15(9-13)21-17-10-16(20)22-18(23-17)12-5-7-14(19)8-6-12/h2-10H,1H3,(H3,20,21,22,23). The van der Waals surface area contributed by atoms with Crippen LogP contribution in [0.4, 0.5) is 21.7 Å². The van der Waals surface area contributed by atoms with Crippen molar-refractivity contribution >= 4 is 23.1 Å². The van der Waals surface area contributed by atoms with E-state index in [9.17, 15) is 9.18 Å². The maximum Gasteiger partial charge on any atom is 0.163 e. The number of aromatic nitrogens is 2. The van der Waals surface area contributed by atoms with Crippen molar-refractivity contribution < 1.29 is 9.18 Å². The van der Waals surface area contributed by atoms with E-state index in [1.165, 1.54) is 19.1 Å². The van der Waals surface area contributed by atoms with Gasteiger partial charge in [-0.1, -0.05) is 12.1 Å². The zero-order chi connectivity index (χ0) is 17.1. The van der Waals surface area contributed by atoms with Crippen LogP contribution in [0.3, 0.4) is 0 Å². The van der Waals surface area contributed by atoms with Crippen LogP contribution in [-0.4, -0.2) is 15.8 Å². The van der Waals surface area contributed by atoms with Gasteiger partial charge in [-0.2, -0.15) is 0 Å². The Labute approximate surface area is 138 Å². The molecular weight excluding hydrogens is 307 g/mol. The topological polar surface area (TPSA) is 80.9 Å². The third kappa shape index (κ3) is 3.55. The predicted molar refractivity (Wildman–Crippen MR) is 91.6 cm³/mol. The van der Waals surface area contributed by atoms with Crippen LogP contribution < -0.4 is 11.1 Å². The first-order valence-corrected chi connectivity index (χ1v) is 7.30. The van der Waals surface area contributed by atoms with Crippen molar-refractivity contribution in [3.8, 4) is 11.4 Å². The Balaban J connectivity index is 1.93. The number of nitrogens with two attached hydrogens (primary N) is 1. The normalized spacial score (nSPS) is 10.4. The molecule has 0 radical (unpaired) electrons. The number of nitrogens with zero attached hydrogens (tertiary/aromatic N) is 2.